The van der Waals surface area contributed by atoms with Crippen molar-refractivity contribution in [2.45, 2.75) is 19.3 Å². The highest BCUT2D eigenvalue weighted by Gasteiger charge is 2.28. The number of nitriles is 1. The van der Waals surface area contributed by atoms with Gasteiger partial charge >= 0.3 is 5.97 Å². The number of aliphatic carboxylic acids is 1. The largest absolute Gasteiger partial charge is 0.481 e. The van der Waals surface area contributed by atoms with Crippen molar-refractivity contribution in [1.29, 1.82) is 5.26 Å². The SMILES string of the molecule is N#C/C(=C/NCCc1cccc(Br)c1)C(=O)N1CCC(C(=O)O)CC1. The van der Waals surface area contributed by atoms with Crippen LogP contribution in [0, 0.1) is 17.2 Å². The molecule has 0 radical (unpaired) electrons. The summed E-state index contributed by atoms with van der Waals surface area (Å²) in [4.78, 5) is 24.9. The summed E-state index contributed by atoms with van der Waals surface area (Å²) < 4.78 is 1.01. The van der Waals surface area contributed by atoms with Crippen molar-refractivity contribution >= 4 is 27.8 Å². The van der Waals surface area contributed by atoms with E-state index in [1.807, 2.05) is 30.3 Å². The molecule has 0 atom stereocenters. The van der Waals surface area contributed by atoms with E-state index in [2.05, 4.69) is 21.2 Å². The van der Waals surface area contributed by atoms with Crippen LogP contribution in [-0.2, 0) is 16.0 Å². The Balaban J connectivity index is 1.84. The van der Waals surface area contributed by atoms with Gasteiger partial charge in [-0.05, 0) is 37.0 Å². The zero-order chi connectivity index (χ0) is 18.2. The van der Waals surface area contributed by atoms with Crippen LogP contribution in [-0.4, -0.2) is 41.5 Å². The second-order valence-corrected chi connectivity index (χ2v) is 6.82. The summed E-state index contributed by atoms with van der Waals surface area (Å²) in [7, 11) is 0. The van der Waals surface area contributed by atoms with Crippen LogP contribution in [0.2, 0.25) is 0 Å². The maximum atomic E-state index is 12.4. The van der Waals surface area contributed by atoms with E-state index < -0.39 is 11.9 Å². The lowest BCUT2D eigenvalue weighted by molar-refractivity contribution is -0.145. The molecule has 2 rings (SSSR count). The Kier molecular flexibility index (Phi) is 7.02. The number of hydrogen-bond donors (Lipinski definition) is 2. The number of nitrogens with zero attached hydrogens (tertiary/aromatic N) is 2. The summed E-state index contributed by atoms with van der Waals surface area (Å²) in [5.41, 5.74) is 1.19. The van der Waals surface area contributed by atoms with Gasteiger partial charge in [0.1, 0.15) is 11.6 Å². The van der Waals surface area contributed by atoms with Gasteiger partial charge in [0, 0.05) is 30.3 Å². The Morgan fingerprint density at radius 1 is 1.40 bits per heavy atom. The number of hydrogen-bond acceptors (Lipinski definition) is 4. The maximum absolute atomic E-state index is 12.4. The van der Waals surface area contributed by atoms with Gasteiger partial charge in [-0.2, -0.15) is 5.26 Å². The van der Waals surface area contributed by atoms with E-state index in [9.17, 15) is 14.9 Å². The van der Waals surface area contributed by atoms with Crippen LogP contribution in [0.3, 0.4) is 0 Å². The summed E-state index contributed by atoms with van der Waals surface area (Å²) in [5, 5.41) is 21.2. The molecule has 1 fully saturated rings. The molecule has 1 aromatic rings. The van der Waals surface area contributed by atoms with E-state index in [0.717, 1.165) is 16.5 Å². The van der Waals surface area contributed by atoms with Crippen molar-refractivity contribution in [3.63, 3.8) is 0 Å². The predicted octanol–water partition coefficient (Wildman–Crippen LogP) is 2.31. The summed E-state index contributed by atoms with van der Waals surface area (Å²) in [6, 6.07) is 9.87. The number of carbonyl (C=O) groups excluding carboxylic acids is 1. The number of carboxylic acids is 1. The molecule has 0 spiro atoms. The molecule has 25 heavy (non-hydrogen) atoms. The second-order valence-electron chi connectivity index (χ2n) is 5.91. The first-order chi connectivity index (χ1) is 12.0. The molecule has 1 heterocycles. The van der Waals surface area contributed by atoms with E-state index in [1.165, 1.54) is 6.20 Å². The first kappa shape index (κ1) is 19.0. The second kappa shape index (κ2) is 9.23. The third-order valence-electron chi connectivity index (χ3n) is 4.18. The van der Waals surface area contributed by atoms with Crippen molar-refractivity contribution in [2.24, 2.45) is 5.92 Å². The summed E-state index contributed by atoms with van der Waals surface area (Å²) in [5.74, 6) is -1.57. The Bertz CT molecular complexity index is 704. The van der Waals surface area contributed by atoms with Crippen LogP contribution in [0.5, 0.6) is 0 Å². The van der Waals surface area contributed by atoms with Crippen LogP contribution in [0.4, 0.5) is 0 Å². The standard InChI is InChI=1S/C18H20BrN3O3/c19-16-3-1-2-13(10-16)4-7-21-12-15(11-20)17(23)22-8-5-14(6-9-22)18(24)25/h1-3,10,12,14,21H,4-9H2,(H,24,25)/b15-12-. The minimum absolute atomic E-state index is 0.0445. The number of rotatable bonds is 6. The minimum Gasteiger partial charge on any atom is -0.481 e. The van der Waals surface area contributed by atoms with E-state index in [-0.39, 0.29) is 11.5 Å². The maximum Gasteiger partial charge on any atom is 0.306 e. The van der Waals surface area contributed by atoms with Gasteiger partial charge in [0.05, 0.1) is 5.92 Å². The molecule has 1 amide bonds. The van der Waals surface area contributed by atoms with Crippen molar-refractivity contribution in [2.75, 3.05) is 19.6 Å². The smallest absolute Gasteiger partial charge is 0.306 e. The molecule has 1 aliphatic heterocycles. The molecule has 7 heteroatoms. The fourth-order valence-electron chi connectivity index (χ4n) is 2.72. The Hall–Kier alpha value is -2.33. The Morgan fingerprint density at radius 2 is 2.12 bits per heavy atom. The zero-order valence-electron chi connectivity index (χ0n) is 13.7. The summed E-state index contributed by atoms with van der Waals surface area (Å²) in [6.07, 6.45) is 3.07. The van der Waals surface area contributed by atoms with Gasteiger partial charge < -0.3 is 15.3 Å². The van der Waals surface area contributed by atoms with Crippen molar-refractivity contribution in [3.8, 4) is 6.07 Å². The molecule has 0 aliphatic carbocycles. The van der Waals surface area contributed by atoms with E-state index >= 15 is 0 Å². The van der Waals surface area contributed by atoms with Gasteiger partial charge in [-0.3, -0.25) is 9.59 Å². The number of benzene rings is 1. The Morgan fingerprint density at radius 3 is 2.72 bits per heavy atom. The minimum atomic E-state index is -0.822. The topological polar surface area (TPSA) is 93.4 Å². The average molecular weight is 406 g/mol. The molecular formula is C18H20BrN3O3. The highest BCUT2D eigenvalue weighted by Crippen LogP contribution is 2.18. The fourth-order valence-corrected chi connectivity index (χ4v) is 3.17. The van der Waals surface area contributed by atoms with E-state index in [0.29, 0.717) is 32.5 Å². The number of amides is 1. The molecule has 1 aromatic carbocycles. The lowest BCUT2D eigenvalue weighted by atomic mass is 9.97. The number of piperidine rings is 1. The monoisotopic (exact) mass is 405 g/mol. The third-order valence-corrected chi connectivity index (χ3v) is 4.67. The van der Waals surface area contributed by atoms with E-state index in [1.54, 1.807) is 4.90 Å². The molecule has 1 saturated heterocycles. The lowest BCUT2D eigenvalue weighted by Crippen LogP contribution is -2.41. The molecular weight excluding hydrogens is 386 g/mol. The van der Waals surface area contributed by atoms with Gasteiger partial charge in [-0.15, -0.1) is 0 Å². The van der Waals surface area contributed by atoms with Crippen LogP contribution in [0.15, 0.2) is 40.5 Å². The third kappa shape index (κ3) is 5.61. The van der Waals surface area contributed by atoms with E-state index in [4.69, 9.17) is 5.11 Å². The summed E-state index contributed by atoms with van der Waals surface area (Å²) >= 11 is 3.42. The summed E-state index contributed by atoms with van der Waals surface area (Å²) in [6.45, 7) is 1.34. The van der Waals surface area contributed by atoms with Crippen molar-refractivity contribution in [1.82, 2.24) is 10.2 Å². The quantitative estimate of drug-likeness (QED) is 0.430. The highest BCUT2D eigenvalue weighted by molar-refractivity contribution is 9.10. The van der Waals surface area contributed by atoms with Crippen LogP contribution in [0.1, 0.15) is 18.4 Å². The lowest BCUT2D eigenvalue weighted by Gasteiger charge is -2.29. The first-order valence-corrected chi connectivity index (χ1v) is 8.90. The number of carboxylic acid groups (broad SMARTS) is 1. The number of halogens is 1. The van der Waals surface area contributed by atoms with Crippen LogP contribution >= 0.6 is 15.9 Å². The molecule has 1 aliphatic rings. The van der Waals surface area contributed by atoms with Crippen molar-refractivity contribution in [3.05, 3.63) is 46.1 Å². The van der Waals surface area contributed by atoms with Gasteiger partial charge in [-0.25, -0.2) is 0 Å². The number of carbonyl (C=O) groups is 2. The number of likely N-dealkylation sites (tertiary alicyclic amines) is 1. The number of nitrogens with one attached hydrogen (secondary N) is 1. The first-order valence-electron chi connectivity index (χ1n) is 8.11. The van der Waals surface area contributed by atoms with Gasteiger partial charge in [0.25, 0.3) is 5.91 Å². The van der Waals surface area contributed by atoms with Gasteiger partial charge in [-0.1, -0.05) is 28.1 Å². The molecule has 2 N–H and O–H groups in total. The van der Waals surface area contributed by atoms with Gasteiger partial charge in [0.15, 0.2) is 0 Å². The normalized spacial score (nSPS) is 15.5. The average Bonchev–Trinajstić information content (AvgIpc) is 2.61. The van der Waals surface area contributed by atoms with Crippen LogP contribution < -0.4 is 5.32 Å². The zero-order valence-corrected chi connectivity index (χ0v) is 15.3. The highest BCUT2D eigenvalue weighted by atomic mass is 79.9. The molecule has 6 nitrogen and oxygen atoms in total. The van der Waals surface area contributed by atoms with Crippen LogP contribution in [0.25, 0.3) is 0 Å². The molecule has 132 valence electrons. The molecule has 0 unspecified atom stereocenters. The Labute approximate surface area is 155 Å². The molecule has 0 saturated carbocycles. The van der Waals surface area contributed by atoms with Crippen molar-refractivity contribution < 1.29 is 14.7 Å². The molecule has 0 aromatic heterocycles. The van der Waals surface area contributed by atoms with Gasteiger partial charge in [0.2, 0.25) is 0 Å². The predicted molar refractivity (Wildman–Crippen MR) is 96.5 cm³/mol. The fraction of sp³-hybridized carbons (Fsp3) is 0.389. The molecule has 0 bridgehead atoms.